The summed E-state index contributed by atoms with van der Waals surface area (Å²) in [5.74, 6) is 4.20. The lowest BCUT2D eigenvalue weighted by Gasteiger charge is -2.57. The van der Waals surface area contributed by atoms with E-state index in [1.54, 1.807) is 18.4 Å². The summed E-state index contributed by atoms with van der Waals surface area (Å²) in [5.41, 5.74) is 2.38. The molecule has 4 saturated carbocycles. The van der Waals surface area contributed by atoms with Crippen molar-refractivity contribution in [1.29, 1.82) is 0 Å². The van der Waals surface area contributed by atoms with Crippen molar-refractivity contribution >= 4 is 29.1 Å². The molecule has 0 aliphatic heterocycles. The van der Waals surface area contributed by atoms with Gasteiger partial charge in [-0.1, -0.05) is 0 Å². The third kappa shape index (κ3) is 3.50. The van der Waals surface area contributed by atoms with Gasteiger partial charge in [-0.2, -0.15) is 0 Å². The molecule has 4 aliphatic carbocycles. The van der Waals surface area contributed by atoms with Crippen LogP contribution in [0.1, 0.15) is 59.3 Å². The zero-order valence-electron chi connectivity index (χ0n) is 17.1. The number of thiophene rings is 1. The van der Waals surface area contributed by atoms with E-state index in [4.69, 9.17) is 9.47 Å². The zero-order valence-corrected chi connectivity index (χ0v) is 18.7. The van der Waals surface area contributed by atoms with Gasteiger partial charge in [-0.05, 0) is 91.5 Å². The van der Waals surface area contributed by atoms with Crippen LogP contribution in [0, 0.1) is 17.8 Å². The predicted molar refractivity (Wildman–Crippen MR) is 118 cm³/mol. The van der Waals surface area contributed by atoms with Crippen molar-refractivity contribution < 1.29 is 14.3 Å². The van der Waals surface area contributed by atoms with Crippen LogP contribution in [0.3, 0.4) is 0 Å². The SMILES string of the molecule is COC(=O)c1csc(CSc2ccc(OC)cc2)c1C12CC3CC(CC(C3)C1)C2. The van der Waals surface area contributed by atoms with E-state index in [1.807, 2.05) is 23.9 Å². The number of benzene rings is 1. The highest BCUT2D eigenvalue weighted by molar-refractivity contribution is 7.98. The Labute approximate surface area is 181 Å². The van der Waals surface area contributed by atoms with Crippen LogP contribution < -0.4 is 4.74 Å². The van der Waals surface area contributed by atoms with Gasteiger partial charge in [-0.3, -0.25) is 0 Å². The summed E-state index contributed by atoms with van der Waals surface area (Å²) in [6.07, 6.45) is 8.02. The van der Waals surface area contributed by atoms with Crippen molar-refractivity contribution in [2.75, 3.05) is 14.2 Å². The van der Waals surface area contributed by atoms with E-state index in [0.29, 0.717) is 0 Å². The van der Waals surface area contributed by atoms with Crippen LogP contribution in [-0.4, -0.2) is 20.2 Å². The predicted octanol–water partition coefficient (Wildman–Crippen LogP) is 6.30. The standard InChI is InChI=1S/C24H28O3S2/c1-26-18-3-5-19(6-4-18)28-14-21-22(20(13-29-21)23(25)27-2)24-10-15-7-16(11-24)9-17(8-15)12-24/h3-6,13,15-17H,7-12,14H2,1-2H3. The minimum absolute atomic E-state index is 0.160. The van der Waals surface area contributed by atoms with E-state index in [2.05, 4.69) is 17.5 Å². The molecule has 0 N–H and O–H groups in total. The van der Waals surface area contributed by atoms with E-state index >= 15 is 0 Å². The Morgan fingerprint density at radius 2 is 1.69 bits per heavy atom. The van der Waals surface area contributed by atoms with E-state index in [9.17, 15) is 4.79 Å². The molecule has 0 spiro atoms. The molecule has 1 heterocycles. The van der Waals surface area contributed by atoms with Gasteiger partial charge in [0.05, 0.1) is 19.8 Å². The Kier molecular flexibility index (Phi) is 5.15. The molecule has 0 atom stereocenters. The molecule has 2 aromatic rings. The van der Waals surface area contributed by atoms with E-state index in [0.717, 1.165) is 34.8 Å². The minimum Gasteiger partial charge on any atom is -0.497 e. The lowest BCUT2D eigenvalue weighted by atomic mass is 9.47. The fourth-order valence-corrected chi connectivity index (χ4v) is 8.72. The van der Waals surface area contributed by atoms with Gasteiger partial charge in [-0.15, -0.1) is 23.1 Å². The van der Waals surface area contributed by atoms with Crippen LogP contribution in [0.15, 0.2) is 34.5 Å². The third-order valence-electron chi connectivity index (χ3n) is 7.27. The summed E-state index contributed by atoms with van der Waals surface area (Å²) in [5, 5.41) is 2.06. The first-order chi connectivity index (χ1) is 14.1. The van der Waals surface area contributed by atoms with Crippen LogP contribution in [-0.2, 0) is 15.9 Å². The van der Waals surface area contributed by atoms with Crippen molar-refractivity contribution in [3.63, 3.8) is 0 Å². The quantitative estimate of drug-likeness (QED) is 0.399. The summed E-state index contributed by atoms with van der Waals surface area (Å²) < 4.78 is 10.5. The fraction of sp³-hybridized carbons (Fsp3) is 0.542. The Bertz CT molecular complexity index is 864. The first-order valence-corrected chi connectivity index (χ1v) is 12.4. The molecule has 0 amide bonds. The number of carbonyl (C=O) groups is 1. The molecular formula is C24H28O3S2. The van der Waals surface area contributed by atoms with E-state index in [-0.39, 0.29) is 11.4 Å². The van der Waals surface area contributed by atoms with E-state index in [1.165, 1.54) is 61.0 Å². The molecule has 1 aromatic heterocycles. The van der Waals surface area contributed by atoms with Crippen molar-refractivity contribution in [2.45, 2.75) is 54.6 Å². The van der Waals surface area contributed by atoms with Gasteiger partial charge >= 0.3 is 5.97 Å². The topological polar surface area (TPSA) is 35.5 Å². The van der Waals surface area contributed by atoms with Gasteiger partial charge in [-0.25, -0.2) is 4.79 Å². The van der Waals surface area contributed by atoms with Crippen LogP contribution in [0.25, 0.3) is 0 Å². The average Bonchev–Trinajstić information content (AvgIpc) is 3.16. The maximum atomic E-state index is 12.6. The molecule has 4 bridgehead atoms. The molecule has 29 heavy (non-hydrogen) atoms. The van der Waals surface area contributed by atoms with Crippen molar-refractivity contribution in [3.05, 3.63) is 45.6 Å². The van der Waals surface area contributed by atoms with Crippen molar-refractivity contribution in [1.82, 2.24) is 0 Å². The van der Waals surface area contributed by atoms with Gasteiger partial charge in [0.15, 0.2) is 0 Å². The first-order valence-electron chi connectivity index (χ1n) is 10.6. The molecule has 3 nitrogen and oxygen atoms in total. The number of rotatable bonds is 6. The van der Waals surface area contributed by atoms with Crippen LogP contribution in [0.2, 0.25) is 0 Å². The highest BCUT2D eigenvalue weighted by atomic mass is 32.2. The van der Waals surface area contributed by atoms with Crippen LogP contribution in [0.4, 0.5) is 0 Å². The summed E-state index contributed by atoms with van der Waals surface area (Å²) in [6.45, 7) is 0. The molecule has 0 radical (unpaired) electrons. The molecule has 0 saturated heterocycles. The Balaban J connectivity index is 1.46. The van der Waals surface area contributed by atoms with Crippen molar-refractivity contribution in [2.24, 2.45) is 17.8 Å². The lowest BCUT2D eigenvalue weighted by Crippen LogP contribution is -2.49. The number of thioether (sulfide) groups is 1. The molecule has 154 valence electrons. The van der Waals surface area contributed by atoms with Gasteiger partial charge in [0.25, 0.3) is 0 Å². The lowest BCUT2D eigenvalue weighted by molar-refractivity contribution is -0.00599. The Hall–Kier alpha value is -1.46. The maximum absolute atomic E-state index is 12.6. The van der Waals surface area contributed by atoms with E-state index < -0.39 is 0 Å². The Morgan fingerprint density at radius 3 is 2.24 bits per heavy atom. The molecule has 4 fully saturated rings. The number of esters is 1. The molecule has 5 heteroatoms. The number of hydrogen-bond acceptors (Lipinski definition) is 5. The summed E-state index contributed by atoms with van der Waals surface area (Å²) in [4.78, 5) is 15.2. The normalized spacial score (nSPS) is 29.8. The summed E-state index contributed by atoms with van der Waals surface area (Å²) >= 11 is 3.60. The van der Waals surface area contributed by atoms with Gasteiger partial charge < -0.3 is 9.47 Å². The van der Waals surface area contributed by atoms with Gasteiger partial charge in [0.2, 0.25) is 0 Å². The summed E-state index contributed by atoms with van der Waals surface area (Å²) in [6, 6.07) is 8.25. The van der Waals surface area contributed by atoms with Crippen LogP contribution in [0.5, 0.6) is 5.75 Å². The minimum atomic E-state index is -0.160. The van der Waals surface area contributed by atoms with Gasteiger partial charge in [0.1, 0.15) is 5.75 Å². The first kappa shape index (κ1) is 19.5. The highest BCUT2D eigenvalue weighted by Crippen LogP contribution is 2.62. The highest BCUT2D eigenvalue weighted by Gasteiger charge is 2.53. The number of carbonyl (C=O) groups excluding carboxylic acids is 1. The number of hydrogen-bond donors (Lipinski definition) is 0. The number of methoxy groups -OCH3 is 2. The fourth-order valence-electron chi connectivity index (χ4n) is 6.58. The Morgan fingerprint density at radius 1 is 1.07 bits per heavy atom. The molecule has 6 rings (SSSR count). The van der Waals surface area contributed by atoms with Gasteiger partial charge in [0, 0.05) is 20.9 Å². The zero-order chi connectivity index (χ0) is 20.0. The second-order valence-corrected chi connectivity index (χ2v) is 11.1. The second kappa shape index (κ2) is 7.66. The molecule has 4 aliphatic rings. The second-order valence-electron chi connectivity index (χ2n) is 9.10. The summed E-state index contributed by atoms with van der Waals surface area (Å²) in [7, 11) is 3.20. The smallest absolute Gasteiger partial charge is 0.339 e. The third-order valence-corrected chi connectivity index (χ3v) is 9.48. The average molecular weight is 429 g/mol. The maximum Gasteiger partial charge on any atom is 0.339 e. The molecular weight excluding hydrogens is 400 g/mol. The molecule has 1 aromatic carbocycles. The number of ether oxygens (including phenoxy) is 2. The monoisotopic (exact) mass is 428 g/mol. The largest absolute Gasteiger partial charge is 0.497 e. The molecule has 0 unspecified atom stereocenters. The van der Waals surface area contributed by atoms with Crippen molar-refractivity contribution in [3.8, 4) is 5.75 Å². The van der Waals surface area contributed by atoms with Crippen LogP contribution >= 0.6 is 23.1 Å².